The molecule has 1 fully saturated rings. The van der Waals surface area contributed by atoms with Crippen molar-refractivity contribution in [3.63, 3.8) is 0 Å². The van der Waals surface area contributed by atoms with Gasteiger partial charge in [0, 0.05) is 37.7 Å². The third kappa shape index (κ3) is 8.03. The number of para-hydroxylation sites is 1. The molecule has 1 saturated heterocycles. The predicted molar refractivity (Wildman–Crippen MR) is 163 cm³/mol. The highest BCUT2D eigenvalue weighted by atomic mass is 32.2. The summed E-state index contributed by atoms with van der Waals surface area (Å²) in [5, 5.41) is 16.9. The summed E-state index contributed by atoms with van der Waals surface area (Å²) in [6.45, 7) is 5.10. The maximum Gasteiger partial charge on any atom is 0.303 e. The predicted octanol–water partition coefficient (Wildman–Crippen LogP) is 3.91. The normalized spacial score (nSPS) is 22.8. The molecule has 0 spiro atoms. The van der Waals surface area contributed by atoms with Gasteiger partial charge in [0.25, 0.3) is 5.91 Å². The number of nitrogens with one attached hydrogen (secondary N) is 2. The maximum absolute atomic E-state index is 13.7. The number of allylic oxidation sites excluding steroid dienone is 2. The standard InChI is InChI=1S/C32H33N3O9S/c1-17-26(30(39)35-22-9-7-6-8-10-22)27(21-11-13-23(40-5)14-12-21)24(15-33)31(34-17)45-32-29(44-20(4)38)28(43-19(3)37)25(16-41-32)42-18(2)36/h6-14,25,27-29,32,34H,16H2,1-5H3,(H,35,39)/t25-,27?,28-,29+,32-/m0/s1. The van der Waals surface area contributed by atoms with Crippen molar-refractivity contribution in [2.45, 2.75) is 57.4 Å². The highest BCUT2D eigenvalue weighted by Gasteiger charge is 2.48. The Morgan fingerprint density at radius 2 is 1.56 bits per heavy atom. The molecule has 0 bridgehead atoms. The minimum absolute atomic E-state index is 0.177. The summed E-state index contributed by atoms with van der Waals surface area (Å²) in [5.41, 5.74) is 1.22. The number of carbonyl (C=O) groups excluding carboxylic acids is 4. The Hall–Kier alpha value is -4.80. The second kappa shape index (κ2) is 14.8. The number of benzene rings is 2. The lowest BCUT2D eigenvalue weighted by molar-refractivity contribution is -0.213. The molecule has 2 heterocycles. The first kappa shape index (κ1) is 33.1. The van der Waals surface area contributed by atoms with Crippen LogP contribution in [0.15, 0.2) is 76.5 Å². The fourth-order valence-electron chi connectivity index (χ4n) is 5.08. The van der Waals surface area contributed by atoms with E-state index in [0.717, 1.165) is 11.8 Å². The molecule has 2 aliphatic heterocycles. The third-order valence-corrected chi connectivity index (χ3v) is 8.11. The molecule has 2 aromatic rings. The number of rotatable bonds is 9. The zero-order chi connectivity index (χ0) is 32.7. The topological polar surface area (TPSA) is 162 Å². The molecule has 0 radical (unpaired) electrons. The number of esters is 3. The number of thioether (sulfide) groups is 1. The molecule has 2 aliphatic rings. The summed E-state index contributed by atoms with van der Waals surface area (Å²) >= 11 is 1.03. The minimum Gasteiger partial charge on any atom is -0.497 e. The molecule has 13 heteroatoms. The number of ether oxygens (including phenoxy) is 5. The van der Waals surface area contributed by atoms with Crippen LogP contribution in [0.2, 0.25) is 0 Å². The van der Waals surface area contributed by atoms with Crippen LogP contribution < -0.4 is 15.4 Å². The quantitative estimate of drug-likeness (QED) is 0.302. The van der Waals surface area contributed by atoms with Crippen molar-refractivity contribution in [3.8, 4) is 11.8 Å². The van der Waals surface area contributed by atoms with Gasteiger partial charge in [0.15, 0.2) is 18.3 Å². The fourth-order valence-corrected chi connectivity index (χ4v) is 6.31. The Morgan fingerprint density at radius 1 is 0.933 bits per heavy atom. The lowest BCUT2D eigenvalue weighted by Crippen LogP contribution is -2.56. The van der Waals surface area contributed by atoms with E-state index in [4.69, 9.17) is 23.7 Å². The van der Waals surface area contributed by atoms with E-state index in [1.54, 1.807) is 55.5 Å². The molecule has 0 saturated carbocycles. The molecular formula is C32H33N3O9S. The first-order chi connectivity index (χ1) is 21.5. The van der Waals surface area contributed by atoms with Gasteiger partial charge in [0.2, 0.25) is 0 Å². The van der Waals surface area contributed by atoms with Crippen LogP contribution in [0.5, 0.6) is 5.75 Å². The van der Waals surface area contributed by atoms with Gasteiger partial charge in [-0.1, -0.05) is 42.1 Å². The van der Waals surface area contributed by atoms with Crippen LogP contribution in [-0.2, 0) is 38.1 Å². The summed E-state index contributed by atoms with van der Waals surface area (Å²) in [5.74, 6) is -2.62. The number of nitriles is 1. The SMILES string of the molecule is COc1ccc(C2C(C#N)=C(S[C@@H]3OC[C@H](OC(C)=O)[C@H](OC(C)=O)[C@H]3OC(C)=O)NC(C)=C2C(=O)Nc2ccccc2)cc1. The summed E-state index contributed by atoms with van der Waals surface area (Å²) < 4.78 is 27.6. The maximum atomic E-state index is 13.7. The molecule has 0 aliphatic carbocycles. The molecule has 12 nitrogen and oxygen atoms in total. The summed E-state index contributed by atoms with van der Waals surface area (Å²) in [6.07, 6.45) is -3.44. The Bertz CT molecular complexity index is 1550. The Labute approximate surface area is 264 Å². The van der Waals surface area contributed by atoms with Crippen LogP contribution in [0.3, 0.4) is 0 Å². The van der Waals surface area contributed by atoms with Crippen molar-refractivity contribution in [3.05, 3.63) is 82.0 Å². The highest BCUT2D eigenvalue weighted by Crippen LogP contribution is 2.44. The third-order valence-electron chi connectivity index (χ3n) is 6.91. The van der Waals surface area contributed by atoms with E-state index < -0.39 is 53.5 Å². The smallest absolute Gasteiger partial charge is 0.303 e. The highest BCUT2D eigenvalue weighted by molar-refractivity contribution is 8.03. The molecule has 0 aromatic heterocycles. The molecule has 4 rings (SSSR count). The summed E-state index contributed by atoms with van der Waals surface area (Å²) in [6, 6.07) is 18.2. The van der Waals surface area contributed by atoms with Crippen LogP contribution in [-0.4, -0.2) is 61.3 Å². The number of amides is 1. The second-order valence-corrected chi connectivity index (χ2v) is 11.3. The van der Waals surface area contributed by atoms with Crippen molar-refractivity contribution < 1.29 is 42.9 Å². The number of dihydropyridines is 1. The van der Waals surface area contributed by atoms with Gasteiger partial charge in [0.05, 0.1) is 36.3 Å². The fraction of sp³-hybridized carbons (Fsp3) is 0.344. The van der Waals surface area contributed by atoms with Crippen LogP contribution in [0.4, 0.5) is 5.69 Å². The number of anilines is 1. The molecule has 5 atom stereocenters. The molecule has 2 N–H and O–H groups in total. The van der Waals surface area contributed by atoms with Crippen molar-refractivity contribution >= 4 is 41.3 Å². The van der Waals surface area contributed by atoms with Gasteiger partial charge in [-0.25, -0.2) is 0 Å². The van der Waals surface area contributed by atoms with Gasteiger partial charge in [0.1, 0.15) is 11.2 Å². The zero-order valence-corrected chi connectivity index (χ0v) is 26.1. The summed E-state index contributed by atoms with van der Waals surface area (Å²) in [7, 11) is 1.54. The monoisotopic (exact) mass is 635 g/mol. The van der Waals surface area contributed by atoms with E-state index >= 15 is 0 Å². The average molecular weight is 636 g/mol. The molecule has 45 heavy (non-hydrogen) atoms. The van der Waals surface area contributed by atoms with E-state index in [1.807, 2.05) is 6.07 Å². The number of hydrogen-bond acceptors (Lipinski definition) is 12. The van der Waals surface area contributed by atoms with Gasteiger partial charge in [-0.15, -0.1) is 0 Å². The van der Waals surface area contributed by atoms with Crippen LogP contribution in [0.25, 0.3) is 0 Å². The molecule has 1 unspecified atom stereocenters. The number of nitrogens with zero attached hydrogens (tertiary/aromatic N) is 1. The van der Waals surface area contributed by atoms with Crippen LogP contribution in [0, 0.1) is 11.3 Å². The Kier molecular flexibility index (Phi) is 10.9. The first-order valence-electron chi connectivity index (χ1n) is 13.9. The zero-order valence-electron chi connectivity index (χ0n) is 25.3. The lowest BCUT2D eigenvalue weighted by Gasteiger charge is -2.41. The largest absolute Gasteiger partial charge is 0.497 e. The number of carbonyl (C=O) groups is 4. The van der Waals surface area contributed by atoms with E-state index in [2.05, 4.69) is 16.7 Å². The van der Waals surface area contributed by atoms with Gasteiger partial charge >= 0.3 is 17.9 Å². The first-order valence-corrected chi connectivity index (χ1v) is 14.8. The van der Waals surface area contributed by atoms with Crippen LogP contribution in [0.1, 0.15) is 39.2 Å². The number of methoxy groups -OCH3 is 1. The van der Waals surface area contributed by atoms with Gasteiger partial charge in [-0.3, -0.25) is 19.2 Å². The van der Waals surface area contributed by atoms with E-state index in [-0.39, 0.29) is 12.2 Å². The second-order valence-electron chi connectivity index (χ2n) is 10.2. The lowest BCUT2D eigenvalue weighted by atomic mass is 9.82. The Balaban J connectivity index is 1.76. The molecular weight excluding hydrogens is 602 g/mol. The van der Waals surface area contributed by atoms with E-state index in [0.29, 0.717) is 33.3 Å². The van der Waals surface area contributed by atoms with E-state index in [1.165, 1.54) is 27.9 Å². The van der Waals surface area contributed by atoms with Gasteiger partial charge < -0.3 is 34.3 Å². The van der Waals surface area contributed by atoms with Crippen molar-refractivity contribution in [2.24, 2.45) is 0 Å². The van der Waals surface area contributed by atoms with Gasteiger partial charge in [-0.05, 0) is 36.8 Å². The van der Waals surface area contributed by atoms with Crippen molar-refractivity contribution in [1.82, 2.24) is 5.32 Å². The molecule has 2 aromatic carbocycles. The van der Waals surface area contributed by atoms with Crippen molar-refractivity contribution in [2.75, 3.05) is 19.0 Å². The average Bonchev–Trinajstić information content (AvgIpc) is 2.99. The number of hydrogen-bond donors (Lipinski definition) is 2. The van der Waals surface area contributed by atoms with Crippen LogP contribution >= 0.6 is 11.8 Å². The Morgan fingerprint density at radius 3 is 2.13 bits per heavy atom. The van der Waals surface area contributed by atoms with E-state index in [9.17, 15) is 24.4 Å². The van der Waals surface area contributed by atoms with Crippen molar-refractivity contribution in [1.29, 1.82) is 5.26 Å². The molecule has 1 amide bonds. The molecule has 236 valence electrons. The summed E-state index contributed by atoms with van der Waals surface area (Å²) in [4.78, 5) is 49.7. The minimum atomic E-state index is -1.21. The van der Waals surface area contributed by atoms with Gasteiger partial charge in [-0.2, -0.15) is 5.26 Å².